The summed E-state index contributed by atoms with van der Waals surface area (Å²) in [5.74, 6) is 1.16. The largest absolute Gasteiger partial charge is 0.415 e. The lowest BCUT2D eigenvalue weighted by atomic mass is 10.2. The molecule has 0 aliphatic rings. The highest BCUT2D eigenvalue weighted by Gasteiger charge is 2.08. The van der Waals surface area contributed by atoms with Gasteiger partial charge in [-0.05, 0) is 0 Å². The molecule has 0 fully saturated rings. The summed E-state index contributed by atoms with van der Waals surface area (Å²) >= 11 is 3.10. The fraction of sp³-hybridized carbons (Fsp3) is 0.154. The van der Waals surface area contributed by atoms with E-state index in [1.807, 2.05) is 18.2 Å². The Morgan fingerprint density at radius 1 is 1.20 bits per heavy atom. The molecule has 2 heterocycles. The number of thiazole rings is 1. The molecule has 1 aromatic carbocycles. The van der Waals surface area contributed by atoms with Crippen LogP contribution in [0.4, 0.5) is 0 Å². The van der Waals surface area contributed by atoms with Gasteiger partial charge < -0.3 is 10.2 Å². The van der Waals surface area contributed by atoms with Gasteiger partial charge in [0.15, 0.2) is 0 Å². The van der Waals surface area contributed by atoms with Crippen molar-refractivity contribution >= 4 is 23.1 Å². The zero-order valence-electron chi connectivity index (χ0n) is 10.5. The average Bonchev–Trinajstić information content (AvgIpc) is 3.15. The van der Waals surface area contributed by atoms with Crippen molar-refractivity contribution < 1.29 is 4.42 Å². The number of nitrogens with two attached hydrogens (primary N) is 1. The number of nitrogens with zero attached hydrogens (tertiary/aromatic N) is 3. The van der Waals surface area contributed by atoms with Crippen molar-refractivity contribution in [1.82, 2.24) is 15.2 Å². The van der Waals surface area contributed by atoms with Gasteiger partial charge in [0.05, 0.1) is 12.2 Å². The molecule has 0 atom stereocenters. The summed E-state index contributed by atoms with van der Waals surface area (Å²) in [6, 6.07) is 10.1. The molecule has 0 amide bonds. The lowest BCUT2D eigenvalue weighted by molar-refractivity contribution is 0.414. The Balaban J connectivity index is 1.65. The van der Waals surface area contributed by atoms with E-state index in [-0.39, 0.29) is 6.54 Å². The van der Waals surface area contributed by atoms with Crippen molar-refractivity contribution in [2.24, 2.45) is 5.73 Å². The Morgan fingerprint density at radius 3 is 2.80 bits per heavy atom. The maximum absolute atomic E-state index is 5.42. The minimum atomic E-state index is 0.266. The molecule has 3 rings (SSSR count). The van der Waals surface area contributed by atoms with Crippen LogP contribution in [0.5, 0.6) is 0 Å². The number of hydrogen-bond acceptors (Lipinski definition) is 7. The average molecular weight is 304 g/mol. The molecular weight excluding hydrogens is 292 g/mol. The van der Waals surface area contributed by atoms with Crippen molar-refractivity contribution in [3.05, 3.63) is 47.3 Å². The first kappa shape index (κ1) is 13.3. The van der Waals surface area contributed by atoms with E-state index in [0.29, 0.717) is 16.9 Å². The Hall–Kier alpha value is -1.70. The monoisotopic (exact) mass is 304 g/mol. The molecule has 0 aliphatic heterocycles. The van der Waals surface area contributed by atoms with Crippen LogP contribution in [-0.2, 0) is 12.3 Å². The summed E-state index contributed by atoms with van der Waals surface area (Å²) < 4.78 is 5.34. The van der Waals surface area contributed by atoms with Gasteiger partial charge in [0.25, 0.3) is 5.22 Å². The maximum atomic E-state index is 5.42. The van der Waals surface area contributed by atoms with Crippen LogP contribution in [0.25, 0.3) is 10.6 Å². The standard InChI is InChI=1S/C13H12N4OS2/c14-6-11-16-17-13(18-11)20-8-10-7-19-12(15-10)9-4-2-1-3-5-9/h1-5,7H,6,8,14H2. The Labute approximate surface area is 124 Å². The van der Waals surface area contributed by atoms with Gasteiger partial charge in [-0.2, -0.15) is 0 Å². The van der Waals surface area contributed by atoms with Gasteiger partial charge >= 0.3 is 0 Å². The van der Waals surface area contributed by atoms with Gasteiger partial charge in [-0.15, -0.1) is 21.5 Å². The molecule has 0 spiro atoms. The molecule has 5 nitrogen and oxygen atoms in total. The quantitative estimate of drug-likeness (QED) is 0.730. The summed E-state index contributed by atoms with van der Waals surface area (Å²) in [6.45, 7) is 0.266. The van der Waals surface area contributed by atoms with E-state index in [1.165, 1.54) is 11.8 Å². The molecule has 3 aromatic rings. The van der Waals surface area contributed by atoms with Crippen molar-refractivity contribution in [2.75, 3.05) is 0 Å². The number of benzene rings is 1. The van der Waals surface area contributed by atoms with E-state index >= 15 is 0 Å². The van der Waals surface area contributed by atoms with Crippen LogP contribution >= 0.6 is 23.1 Å². The summed E-state index contributed by atoms with van der Waals surface area (Å²) in [6.07, 6.45) is 0. The third-order valence-corrected chi connectivity index (χ3v) is 4.33. The fourth-order valence-corrected chi connectivity index (χ4v) is 3.21. The predicted molar refractivity (Wildman–Crippen MR) is 79.3 cm³/mol. The van der Waals surface area contributed by atoms with E-state index < -0.39 is 0 Å². The molecule has 0 radical (unpaired) electrons. The van der Waals surface area contributed by atoms with Crippen LogP contribution in [-0.4, -0.2) is 15.2 Å². The van der Waals surface area contributed by atoms with Gasteiger partial charge in [0.1, 0.15) is 5.01 Å². The highest BCUT2D eigenvalue weighted by atomic mass is 32.2. The number of aromatic nitrogens is 3. The number of thioether (sulfide) groups is 1. The van der Waals surface area contributed by atoms with E-state index in [1.54, 1.807) is 11.3 Å². The second kappa shape index (κ2) is 6.17. The molecule has 0 unspecified atom stereocenters. The maximum Gasteiger partial charge on any atom is 0.277 e. The van der Waals surface area contributed by atoms with E-state index in [2.05, 4.69) is 32.7 Å². The third-order valence-electron chi connectivity index (χ3n) is 2.54. The van der Waals surface area contributed by atoms with Gasteiger partial charge in [-0.1, -0.05) is 42.1 Å². The highest BCUT2D eigenvalue weighted by Crippen LogP contribution is 2.27. The van der Waals surface area contributed by atoms with E-state index in [0.717, 1.165) is 16.3 Å². The summed E-state index contributed by atoms with van der Waals surface area (Å²) in [7, 11) is 0. The van der Waals surface area contributed by atoms with Crippen molar-refractivity contribution in [2.45, 2.75) is 17.5 Å². The lowest BCUT2D eigenvalue weighted by Gasteiger charge is -1.94. The minimum Gasteiger partial charge on any atom is -0.415 e. The van der Waals surface area contributed by atoms with Crippen LogP contribution in [0.3, 0.4) is 0 Å². The molecule has 0 bridgehead atoms. The smallest absolute Gasteiger partial charge is 0.277 e. The third kappa shape index (κ3) is 3.06. The van der Waals surface area contributed by atoms with Gasteiger partial charge in [-0.3, -0.25) is 0 Å². The molecule has 102 valence electrons. The molecule has 2 aromatic heterocycles. The van der Waals surface area contributed by atoms with Crippen molar-refractivity contribution in [3.8, 4) is 10.6 Å². The molecule has 2 N–H and O–H groups in total. The molecule has 20 heavy (non-hydrogen) atoms. The van der Waals surface area contributed by atoms with Gasteiger partial charge in [0, 0.05) is 16.7 Å². The van der Waals surface area contributed by atoms with E-state index in [9.17, 15) is 0 Å². The topological polar surface area (TPSA) is 77.8 Å². The van der Waals surface area contributed by atoms with Crippen LogP contribution in [0.1, 0.15) is 11.6 Å². The Morgan fingerprint density at radius 2 is 2.05 bits per heavy atom. The van der Waals surface area contributed by atoms with Crippen molar-refractivity contribution in [3.63, 3.8) is 0 Å². The van der Waals surface area contributed by atoms with Crippen LogP contribution in [0.2, 0.25) is 0 Å². The first-order valence-corrected chi connectivity index (χ1v) is 7.87. The Kier molecular flexibility index (Phi) is 4.10. The zero-order valence-corrected chi connectivity index (χ0v) is 12.2. The first-order valence-electron chi connectivity index (χ1n) is 6.00. The first-order chi connectivity index (χ1) is 9.85. The lowest BCUT2D eigenvalue weighted by Crippen LogP contribution is -1.95. The highest BCUT2D eigenvalue weighted by molar-refractivity contribution is 7.98. The molecule has 0 saturated carbocycles. The predicted octanol–water partition coefficient (Wildman–Crippen LogP) is 2.94. The summed E-state index contributed by atoms with van der Waals surface area (Å²) in [5.41, 5.74) is 7.56. The SMILES string of the molecule is NCc1nnc(SCc2csc(-c3ccccc3)n2)o1. The minimum absolute atomic E-state index is 0.266. The van der Waals surface area contributed by atoms with Crippen LogP contribution < -0.4 is 5.73 Å². The van der Waals surface area contributed by atoms with Crippen LogP contribution in [0.15, 0.2) is 45.4 Å². The fourth-order valence-electron chi connectivity index (χ4n) is 1.60. The van der Waals surface area contributed by atoms with Gasteiger partial charge in [0.2, 0.25) is 5.89 Å². The summed E-state index contributed by atoms with van der Waals surface area (Å²) in [4.78, 5) is 4.61. The Bertz CT molecular complexity index is 681. The second-order valence-corrected chi connectivity index (χ2v) is 5.75. The zero-order chi connectivity index (χ0) is 13.8. The summed E-state index contributed by atoms with van der Waals surface area (Å²) in [5, 5.41) is 11.3. The van der Waals surface area contributed by atoms with Gasteiger partial charge in [-0.25, -0.2) is 4.98 Å². The number of hydrogen-bond donors (Lipinski definition) is 1. The molecule has 0 saturated heterocycles. The van der Waals surface area contributed by atoms with E-state index in [4.69, 9.17) is 10.2 Å². The molecular formula is C13H12N4OS2. The normalized spacial score (nSPS) is 10.8. The number of rotatable bonds is 5. The second-order valence-electron chi connectivity index (χ2n) is 3.96. The van der Waals surface area contributed by atoms with Crippen LogP contribution in [0, 0.1) is 0 Å². The molecule has 7 heteroatoms. The van der Waals surface area contributed by atoms with Crippen molar-refractivity contribution in [1.29, 1.82) is 0 Å². The molecule has 0 aliphatic carbocycles.